The molecule has 6 heteroatoms. The second kappa shape index (κ2) is 6.13. The lowest BCUT2D eigenvalue weighted by molar-refractivity contribution is -0.133. The minimum atomic E-state index is -0.442. The second-order valence-corrected chi connectivity index (χ2v) is 5.82. The molecule has 1 aromatic carbocycles. The smallest absolute Gasteiger partial charge is 0.341 e. The van der Waals surface area contributed by atoms with Crippen molar-refractivity contribution in [2.24, 2.45) is 0 Å². The van der Waals surface area contributed by atoms with Gasteiger partial charge in [0.2, 0.25) is 0 Å². The minimum Gasteiger partial charge on any atom is -0.503 e. The number of carbonyl (C=O) groups is 1. The molecule has 112 valence electrons. The van der Waals surface area contributed by atoms with Gasteiger partial charge in [-0.25, -0.2) is 9.78 Å². The number of hydrogen-bond donors (Lipinski definition) is 0. The van der Waals surface area contributed by atoms with Gasteiger partial charge in [-0.05, 0) is 24.6 Å². The van der Waals surface area contributed by atoms with E-state index in [1.807, 2.05) is 32.0 Å². The van der Waals surface area contributed by atoms with Gasteiger partial charge in [0.15, 0.2) is 5.13 Å². The van der Waals surface area contributed by atoms with Crippen molar-refractivity contribution in [3.05, 3.63) is 29.5 Å². The van der Waals surface area contributed by atoms with Gasteiger partial charge in [-0.2, -0.15) is 0 Å². The summed E-state index contributed by atoms with van der Waals surface area (Å²) in [6, 6.07) is 3.98. The number of carbonyl (C=O) groups excluding carboxylic acids is 1. The zero-order valence-electron chi connectivity index (χ0n) is 12.8. The molecule has 1 heterocycles. The summed E-state index contributed by atoms with van der Waals surface area (Å²) < 4.78 is 10.9. The van der Waals surface area contributed by atoms with Gasteiger partial charge in [0, 0.05) is 19.7 Å². The first-order valence-electron chi connectivity index (χ1n) is 6.38. The van der Waals surface area contributed by atoms with Crippen LogP contribution in [-0.2, 0) is 14.3 Å². The van der Waals surface area contributed by atoms with Crippen LogP contribution in [-0.4, -0.2) is 39.3 Å². The predicted molar refractivity (Wildman–Crippen MR) is 85.7 cm³/mol. The van der Waals surface area contributed by atoms with Crippen LogP contribution in [0.4, 0.5) is 5.13 Å². The number of nitrogens with zero attached hydrogens (tertiary/aromatic N) is 2. The van der Waals surface area contributed by atoms with Crippen LogP contribution < -0.4 is 4.90 Å². The minimum absolute atomic E-state index is 0.365. The number of hydrogen-bond acceptors (Lipinski definition) is 6. The van der Waals surface area contributed by atoms with E-state index in [9.17, 15) is 4.79 Å². The molecule has 5 nitrogen and oxygen atoms in total. The highest BCUT2D eigenvalue weighted by Gasteiger charge is 2.19. The number of fused-ring (bicyclic) bond motifs is 1. The van der Waals surface area contributed by atoms with Crippen LogP contribution in [0.25, 0.3) is 15.8 Å². The Kier molecular flexibility index (Phi) is 4.47. The lowest BCUT2D eigenvalue weighted by Crippen LogP contribution is -2.08. The third-order valence-corrected chi connectivity index (χ3v) is 4.11. The SMILES string of the molecule is CO/C=C(/C(=O)OC)c1cc(C)cc2sc(N(C)C)nc12. The van der Waals surface area contributed by atoms with Gasteiger partial charge in [0.05, 0.1) is 30.7 Å². The number of anilines is 1. The molecule has 0 N–H and O–H groups in total. The van der Waals surface area contributed by atoms with Gasteiger partial charge in [-0.3, -0.25) is 0 Å². The number of aromatic nitrogens is 1. The first-order valence-corrected chi connectivity index (χ1v) is 7.19. The third kappa shape index (κ3) is 3.00. The number of esters is 1. The van der Waals surface area contributed by atoms with Crippen LogP contribution in [0.1, 0.15) is 11.1 Å². The van der Waals surface area contributed by atoms with Crippen molar-refractivity contribution in [1.82, 2.24) is 4.98 Å². The maximum atomic E-state index is 12.0. The molecule has 0 atom stereocenters. The lowest BCUT2D eigenvalue weighted by atomic mass is 10.0. The Bertz CT molecular complexity index is 704. The molecule has 0 aliphatic heterocycles. The lowest BCUT2D eigenvalue weighted by Gasteiger charge is -2.08. The normalized spacial score (nSPS) is 11.6. The van der Waals surface area contributed by atoms with Crippen LogP contribution in [0.2, 0.25) is 0 Å². The molecule has 0 aliphatic rings. The molecule has 0 spiro atoms. The number of rotatable bonds is 4. The highest BCUT2D eigenvalue weighted by Crippen LogP contribution is 2.34. The van der Waals surface area contributed by atoms with Gasteiger partial charge in [-0.1, -0.05) is 11.3 Å². The Morgan fingerprint density at radius 2 is 2.05 bits per heavy atom. The summed E-state index contributed by atoms with van der Waals surface area (Å²) in [5.74, 6) is -0.442. The average molecular weight is 306 g/mol. The Hall–Kier alpha value is -2.08. The van der Waals surface area contributed by atoms with E-state index in [2.05, 4.69) is 11.1 Å². The van der Waals surface area contributed by atoms with E-state index in [1.54, 1.807) is 11.3 Å². The molecule has 0 amide bonds. The largest absolute Gasteiger partial charge is 0.503 e. The molecule has 1 aromatic heterocycles. The van der Waals surface area contributed by atoms with Crippen LogP contribution in [0.5, 0.6) is 0 Å². The zero-order valence-corrected chi connectivity index (χ0v) is 13.6. The van der Waals surface area contributed by atoms with Crippen LogP contribution in [0.15, 0.2) is 18.4 Å². The van der Waals surface area contributed by atoms with Crippen LogP contribution in [0, 0.1) is 6.92 Å². The summed E-state index contributed by atoms with van der Waals surface area (Å²) in [6.45, 7) is 1.99. The van der Waals surface area contributed by atoms with Gasteiger partial charge < -0.3 is 14.4 Å². The fourth-order valence-electron chi connectivity index (χ4n) is 2.00. The first kappa shape index (κ1) is 15.3. The highest BCUT2D eigenvalue weighted by atomic mass is 32.1. The summed E-state index contributed by atoms with van der Waals surface area (Å²) in [5.41, 5.74) is 2.92. The standard InChI is InChI=1S/C15H18N2O3S/c1-9-6-10(11(8-19-4)14(18)20-5)13-12(7-9)21-15(16-13)17(2)3/h6-8H,1-5H3/b11-8+. The van der Waals surface area contributed by atoms with Gasteiger partial charge in [0.1, 0.15) is 5.57 Å². The van der Waals surface area contributed by atoms with E-state index in [-0.39, 0.29) is 0 Å². The highest BCUT2D eigenvalue weighted by molar-refractivity contribution is 7.22. The van der Waals surface area contributed by atoms with Gasteiger partial charge in [-0.15, -0.1) is 0 Å². The van der Waals surface area contributed by atoms with Crippen molar-refractivity contribution in [2.75, 3.05) is 33.2 Å². The van der Waals surface area contributed by atoms with E-state index in [4.69, 9.17) is 9.47 Å². The Balaban J connectivity index is 2.71. The quantitative estimate of drug-likeness (QED) is 0.494. The summed E-state index contributed by atoms with van der Waals surface area (Å²) in [5, 5.41) is 0.887. The molecule has 0 saturated heterocycles. The van der Waals surface area contributed by atoms with E-state index >= 15 is 0 Å². The molecular weight excluding hydrogens is 288 g/mol. The zero-order chi connectivity index (χ0) is 15.6. The summed E-state index contributed by atoms with van der Waals surface area (Å²) >= 11 is 1.58. The van der Waals surface area contributed by atoms with Crippen LogP contribution >= 0.6 is 11.3 Å². The molecule has 2 rings (SSSR count). The van der Waals surface area contributed by atoms with E-state index in [1.165, 1.54) is 20.5 Å². The Labute approximate surface area is 127 Å². The van der Waals surface area contributed by atoms with Crippen molar-refractivity contribution in [3.63, 3.8) is 0 Å². The topological polar surface area (TPSA) is 51.7 Å². The third-order valence-electron chi connectivity index (χ3n) is 2.94. The summed E-state index contributed by atoms with van der Waals surface area (Å²) in [4.78, 5) is 18.6. The molecule has 0 radical (unpaired) electrons. The molecule has 2 aromatic rings. The van der Waals surface area contributed by atoms with Gasteiger partial charge >= 0.3 is 5.97 Å². The summed E-state index contributed by atoms with van der Waals surface area (Å²) in [7, 11) is 6.74. The molecule has 21 heavy (non-hydrogen) atoms. The number of benzene rings is 1. The van der Waals surface area contributed by atoms with Gasteiger partial charge in [0.25, 0.3) is 0 Å². The van der Waals surface area contributed by atoms with E-state index < -0.39 is 5.97 Å². The number of ether oxygens (including phenoxy) is 2. The maximum Gasteiger partial charge on any atom is 0.341 e. The van der Waals surface area contributed by atoms with Crippen molar-refractivity contribution in [1.29, 1.82) is 0 Å². The molecule has 0 aliphatic carbocycles. The molecule has 0 unspecified atom stereocenters. The molecule has 0 saturated carbocycles. The average Bonchev–Trinajstić information content (AvgIpc) is 2.87. The predicted octanol–water partition coefficient (Wildman–Crippen LogP) is 2.83. The number of thiazole rings is 1. The van der Waals surface area contributed by atoms with E-state index in [0.29, 0.717) is 5.57 Å². The molecule has 0 bridgehead atoms. The van der Waals surface area contributed by atoms with Crippen molar-refractivity contribution in [2.45, 2.75) is 6.92 Å². The van der Waals surface area contributed by atoms with Crippen molar-refractivity contribution in [3.8, 4) is 0 Å². The molecule has 0 fully saturated rings. The second-order valence-electron chi connectivity index (χ2n) is 4.81. The summed E-state index contributed by atoms with van der Waals surface area (Å²) in [6.07, 6.45) is 1.40. The fraction of sp³-hybridized carbons (Fsp3) is 0.333. The monoisotopic (exact) mass is 306 g/mol. The Morgan fingerprint density at radius 1 is 1.33 bits per heavy atom. The van der Waals surface area contributed by atoms with Crippen molar-refractivity contribution < 1.29 is 14.3 Å². The maximum absolute atomic E-state index is 12.0. The first-order chi connectivity index (χ1) is 9.97. The fourth-order valence-corrected chi connectivity index (χ4v) is 3.01. The number of aryl methyl sites for hydroxylation is 1. The Morgan fingerprint density at radius 3 is 2.62 bits per heavy atom. The molecular formula is C15H18N2O3S. The van der Waals surface area contributed by atoms with E-state index in [0.717, 1.165) is 26.5 Å². The van der Waals surface area contributed by atoms with Crippen molar-refractivity contribution >= 4 is 38.2 Å². The van der Waals surface area contributed by atoms with Crippen LogP contribution in [0.3, 0.4) is 0 Å². The number of methoxy groups -OCH3 is 2.